The fourth-order valence-corrected chi connectivity index (χ4v) is 4.06. The van der Waals surface area contributed by atoms with Gasteiger partial charge in [0.15, 0.2) is 5.76 Å². The topological polar surface area (TPSA) is 64.8 Å². The van der Waals surface area contributed by atoms with Crippen LogP contribution in [0.3, 0.4) is 0 Å². The van der Waals surface area contributed by atoms with E-state index in [9.17, 15) is 4.79 Å². The average molecular weight is 356 g/mol. The van der Waals surface area contributed by atoms with Crippen LogP contribution in [-0.2, 0) is 4.74 Å². The summed E-state index contributed by atoms with van der Waals surface area (Å²) in [4.78, 5) is 19.0. The van der Waals surface area contributed by atoms with Gasteiger partial charge in [-0.1, -0.05) is 6.07 Å². The van der Waals surface area contributed by atoms with Crippen molar-refractivity contribution in [2.75, 3.05) is 26.3 Å². The molecule has 1 amide bonds. The molecule has 6 heteroatoms. The third kappa shape index (κ3) is 3.21. The van der Waals surface area contributed by atoms with Crippen LogP contribution in [0, 0.1) is 12.3 Å². The van der Waals surface area contributed by atoms with E-state index in [0.29, 0.717) is 31.3 Å². The van der Waals surface area contributed by atoms with Gasteiger partial charge in [0.1, 0.15) is 0 Å². The maximum Gasteiger partial charge on any atom is 0.289 e. The molecule has 2 fully saturated rings. The number of carbonyl (C=O) groups is 1. The Morgan fingerprint density at radius 3 is 3.12 bits per heavy atom. The number of hydrogen-bond acceptors (Lipinski definition) is 5. The third-order valence-corrected chi connectivity index (χ3v) is 5.48. The maximum atomic E-state index is 12.9. The van der Waals surface area contributed by atoms with Crippen LogP contribution in [0.1, 0.15) is 35.4 Å². The number of likely N-dealkylation sites (tertiary alicyclic amines) is 1. The highest BCUT2D eigenvalue weighted by molar-refractivity contribution is 5.93. The number of fused-ring (bicyclic) bond motifs is 1. The van der Waals surface area contributed by atoms with E-state index in [1.54, 1.807) is 12.5 Å². The molecule has 2 aromatic rings. The normalized spacial score (nSPS) is 25.6. The molecule has 2 unspecified atom stereocenters. The third-order valence-electron chi connectivity index (χ3n) is 5.48. The number of rotatable bonds is 4. The van der Waals surface area contributed by atoms with Crippen LogP contribution >= 0.6 is 0 Å². The first-order valence-corrected chi connectivity index (χ1v) is 9.17. The van der Waals surface area contributed by atoms with Gasteiger partial charge in [0.25, 0.3) is 5.91 Å². The quantitative estimate of drug-likeness (QED) is 0.842. The van der Waals surface area contributed by atoms with Gasteiger partial charge >= 0.3 is 0 Å². The number of ether oxygens (including phenoxy) is 2. The summed E-state index contributed by atoms with van der Waals surface area (Å²) in [5, 5.41) is 0. The number of pyridine rings is 1. The molecule has 2 aliphatic heterocycles. The minimum Gasteiger partial charge on any atom is -0.477 e. The number of aryl methyl sites for hydroxylation is 1. The Morgan fingerprint density at radius 1 is 1.42 bits per heavy atom. The Balaban J connectivity index is 1.53. The second-order valence-electron chi connectivity index (χ2n) is 7.23. The number of hydrogen-bond donors (Lipinski definition) is 0. The summed E-state index contributed by atoms with van der Waals surface area (Å²) in [6.45, 7) is 4.46. The van der Waals surface area contributed by atoms with Gasteiger partial charge < -0.3 is 18.8 Å². The second kappa shape index (κ2) is 7.11. The van der Waals surface area contributed by atoms with Crippen molar-refractivity contribution in [3.05, 3.63) is 48.0 Å². The zero-order chi connectivity index (χ0) is 18.0. The predicted molar refractivity (Wildman–Crippen MR) is 95.1 cm³/mol. The van der Waals surface area contributed by atoms with Crippen LogP contribution in [0.5, 0.6) is 5.88 Å². The molecule has 2 saturated heterocycles. The van der Waals surface area contributed by atoms with E-state index in [1.165, 1.54) is 0 Å². The summed E-state index contributed by atoms with van der Waals surface area (Å²) in [7, 11) is 0. The van der Waals surface area contributed by atoms with Crippen molar-refractivity contribution in [1.82, 2.24) is 9.88 Å². The number of aromatic nitrogens is 1. The summed E-state index contributed by atoms with van der Waals surface area (Å²) in [5.41, 5.74) is 0.667. The standard InChI is InChI=1S/C20H24N2O4/c1-15-7-12-25-18(15)19(23)22-10-6-16-20(13-22,8-4-11-24-16)14-26-17-5-2-3-9-21-17/h2-3,5,7,9,12,16H,4,6,8,10-11,13-14H2,1H3. The molecule has 0 N–H and O–H groups in total. The van der Waals surface area contributed by atoms with E-state index in [0.717, 1.165) is 31.4 Å². The van der Waals surface area contributed by atoms with E-state index < -0.39 is 0 Å². The van der Waals surface area contributed by atoms with Crippen LogP contribution in [0.4, 0.5) is 0 Å². The lowest BCUT2D eigenvalue weighted by molar-refractivity contribution is -0.133. The molecule has 2 aliphatic rings. The van der Waals surface area contributed by atoms with E-state index in [-0.39, 0.29) is 17.4 Å². The SMILES string of the molecule is Cc1ccoc1C(=O)N1CCC2OCCCC2(COc2ccccn2)C1. The summed E-state index contributed by atoms with van der Waals surface area (Å²) in [6.07, 6.45) is 6.17. The summed E-state index contributed by atoms with van der Waals surface area (Å²) >= 11 is 0. The molecule has 6 nitrogen and oxygen atoms in total. The second-order valence-corrected chi connectivity index (χ2v) is 7.23. The van der Waals surface area contributed by atoms with Crippen molar-refractivity contribution in [3.63, 3.8) is 0 Å². The van der Waals surface area contributed by atoms with Crippen molar-refractivity contribution in [1.29, 1.82) is 0 Å². The molecule has 2 atom stereocenters. The molecular weight excluding hydrogens is 332 g/mol. The van der Waals surface area contributed by atoms with Gasteiger partial charge in [-0.15, -0.1) is 0 Å². The fourth-order valence-electron chi connectivity index (χ4n) is 4.06. The van der Waals surface area contributed by atoms with Gasteiger partial charge in [-0.2, -0.15) is 0 Å². The number of amides is 1. The van der Waals surface area contributed by atoms with Gasteiger partial charge in [-0.25, -0.2) is 4.98 Å². The lowest BCUT2D eigenvalue weighted by atomic mass is 9.73. The number of nitrogens with zero attached hydrogens (tertiary/aromatic N) is 2. The molecule has 0 aromatic carbocycles. The Kier molecular flexibility index (Phi) is 4.68. The first-order valence-electron chi connectivity index (χ1n) is 9.17. The largest absolute Gasteiger partial charge is 0.477 e. The van der Waals surface area contributed by atoms with Gasteiger partial charge in [-0.05, 0) is 38.3 Å². The van der Waals surface area contributed by atoms with Crippen molar-refractivity contribution in [2.45, 2.75) is 32.3 Å². The van der Waals surface area contributed by atoms with Crippen LogP contribution < -0.4 is 4.74 Å². The molecule has 138 valence electrons. The highest BCUT2D eigenvalue weighted by atomic mass is 16.5. The first-order chi connectivity index (χ1) is 12.7. The monoisotopic (exact) mass is 356 g/mol. The van der Waals surface area contributed by atoms with Crippen molar-refractivity contribution in [2.24, 2.45) is 5.41 Å². The predicted octanol–water partition coefficient (Wildman–Crippen LogP) is 3.07. The van der Waals surface area contributed by atoms with E-state index in [2.05, 4.69) is 4.98 Å². The minimum atomic E-state index is -0.204. The zero-order valence-corrected chi connectivity index (χ0v) is 15.0. The van der Waals surface area contributed by atoms with E-state index >= 15 is 0 Å². The maximum absolute atomic E-state index is 12.9. The Morgan fingerprint density at radius 2 is 2.35 bits per heavy atom. The van der Waals surface area contributed by atoms with Gasteiger partial charge in [-0.3, -0.25) is 4.79 Å². The molecule has 4 rings (SSSR count). The van der Waals surface area contributed by atoms with E-state index in [4.69, 9.17) is 13.9 Å². The minimum absolute atomic E-state index is 0.0475. The van der Waals surface area contributed by atoms with Gasteiger partial charge in [0.2, 0.25) is 5.88 Å². The number of carbonyl (C=O) groups excluding carboxylic acids is 1. The highest BCUT2D eigenvalue weighted by Gasteiger charge is 2.48. The Bertz CT molecular complexity index is 760. The molecule has 0 aliphatic carbocycles. The molecule has 0 saturated carbocycles. The van der Waals surface area contributed by atoms with Gasteiger partial charge in [0.05, 0.1) is 19.0 Å². The van der Waals surface area contributed by atoms with Crippen LogP contribution in [0.2, 0.25) is 0 Å². The number of piperidine rings is 1. The molecule has 0 bridgehead atoms. The van der Waals surface area contributed by atoms with Crippen LogP contribution in [0.15, 0.2) is 41.1 Å². The van der Waals surface area contributed by atoms with Crippen molar-refractivity contribution < 1.29 is 18.7 Å². The average Bonchev–Trinajstić information content (AvgIpc) is 3.12. The summed E-state index contributed by atoms with van der Waals surface area (Å²) < 4.78 is 17.5. The molecule has 0 spiro atoms. The molecule has 2 aromatic heterocycles. The molecule has 26 heavy (non-hydrogen) atoms. The lowest BCUT2D eigenvalue weighted by Gasteiger charge is -2.49. The number of furan rings is 1. The smallest absolute Gasteiger partial charge is 0.289 e. The van der Waals surface area contributed by atoms with Crippen LogP contribution in [0.25, 0.3) is 0 Å². The molecular formula is C20H24N2O4. The fraction of sp³-hybridized carbons (Fsp3) is 0.500. The van der Waals surface area contributed by atoms with Crippen molar-refractivity contribution >= 4 is 5.91 Å². The molecule has 0 radical (unpaired) electrons. The van der Waals surface area contributed by atoms with Gasteiger partial charge in [0, 0.05) is 42.9 Å². The zero-order valence-electron chi connectivity index (χ0n) is 15.0. The Hall–Kier alpha value is -2.34. The summed E-state index contributed by atoms with van der Waals surface area (Å²) in [5.74, 6) is 0.992. The Labute approximate surface area is 153 Å². The summed E-state index contributed by atoms with van der Waals surface area (Å²) in [6, 6.07) is 7.45. The van der Waals surface area contributed by atoms with Crippen LogP contribution in [-0.4, -0.2) is 48.2 Å². The van der Waals surface area contributed by atoms with Crippen molar-refractivity contribution in [3.8, 4) is 5.88 Å². The molecule has 4 heterocycles. The lowest BCUT2D eigenvalue weighted by Crippen LogP contribution is -2.58. The first kappa shape index (κ1) is 17.1. The van der Waals surface area contributed by atoms with E-state index in [1.807, 2.05) is 36.1 Å². The highest BCUT2D eigenvalue weighted by Crippen LogP contribution is 2.41.